The molecule has 1 aliphatic carbocycles. The molecule has 15 heavy (non-hydrogen) atoms. The van der Waals surface area contributed by atoms with Gasteiger partial charge in [-0.25, -0.2) is 0 Å². The van der Waals surface area contributed by atoms with Crippen LogP contribution in [0.3, 0.4) is 0 Å². The van der Waals surface area contributed by atoms with Gasteiger partial charge in [-0.2, -0.15) is 0 Å². The smallest absolute Gasteiger partial charge is 0.226 e. The lowest BCUT2D eigenvalue weighted by Crippen LogP contribution is -2.53. The van der Waals surface area contributed by atoms with Crippen molar-refractivity contribution in [2.45, 2.75) is 58.4 Å². The van der Waals surface area contributed by atoms with E-state index in [1.807, 2.05) is 6.92 Å². The van der Waals surface area contributed by atoms with Gasteiger partial charge in [0.25, 0.3) is 0 Å². The summed E-state index contributed by atoms with van der Waals surface area (Å²) in [5.74, 6) is 0.186. The van der Waals surface area contributed by atoms with Gasteiger partial charge in [0.1, 0.15) is 0 Å². The second kappa shape index (κ2) is 4.52. The average molecular weight is 212 g/mol. The van der Waals surface area contributed by atoms with E-state index in [9.17, 15) is 4.79 Å². The second-order valence-corrected chi connectivity index (χ2v) is 5.17. The highest BCUT2D eigenvalue weighted by Gasteiger charge is 2.39. The van der Waals surface area contributed by atoms with Gasteiger partial charge in [-0.1, -0.05) is 27.2 Å². The van der Waals surface area contributed by atoms with Crippen LogP contribution in [0.4, 0.5) is 0 Å². The summed E-state index contributed by atoms with van der Waals surface area (Å²) >= 11 is 0. The summed E-state index contributed by atoms with van der Waals surface area (Å²) < 4.78 is 0. The van der Waals surface area contributed by atoms with Crippen molar-refractivity contribution in [1.82, 2.24) is 5.32 Å². The van der Waals surface area contributed by atoms with Crippen LogP contribution >= 0.6 is 0 Å². The SMILES string of the molecule is CCC(N)(CC)CNC(=O)C1(C)CCC1. The molecule has 0 unspecified atom stereocenters. The number of hydrogen-bond donors (Lipinski definition) is 2. The van der Waals surface area contributed by atoms with Gasteiger partial charge in [0.05, 0.1) is 0 Å². The van der Waals surface area contributed by atoms with Crippen molar-refractivity contribution in [2.75, 3.05) is 6.54 Å². The van der Waals surface area contributed by atoms with Crippen molar-refractivity contribution in [3.05, 3.63) is 0 Å². The summed E-state index contributed by atoms with van der Waals surface area (Å²) in [7, 11) is 0. The fraction of sp³-hybridized carbons (Fsp3) is 0.917. The molecule has 0 aliphatic heterocycles. The second-order valence-electron chi connectivity index (χ2n) is 5.17. The highest BCUT2D eigenvalue weighted by molar-refractivity contribution is 5.83. The maximum Gasteiger partial charge on any atom is 0.226 e. The molecule has 0 radical (unpaired) electrons. The van der Waals surface area contributed by atoms with E-state index in [1.165, 1.54) is 6.42 Å². The molecule has 1 aliphatic rings. The van der Waals surface area contributed by atoms with Gasteiger partial charge >= 0.3 is 0 Å². The van der Waals surface area contributed by atoms with Crippen molar-refractivity contribution in [3.63, 3.8) is 0 Å². The molecule has 0 spiro atoms. The maximum absolute atomic E-state index is 11.9. The normalized spacial score (nSPS) is 19.5. The van der Waals surface area contributed by atoms with Crippen LogP contribution in [0.1, 0.15) is 52.9 Å². The van der Waals surface area contributed by atoms with E-state index < -0.39 is 0 Å². The van der Waals surface area contributed by atoms with Gasteiger partial charge in [0.2, 0.25) is 5.91 Å². The van der Waals surface area contributed by atoms with Gasteiger partial charge in [-0.15, -0.1) is 0 Å². The number of carbonyl (C=O) groups is 1. The Kier molecular flexibility index (Phi) is 3.77. The third-order valence-corrected chi connectivity index (χ3v) is 4.01. The average Bonchev–Trinajstić information content (AvgIpc) is 2.22. The number of nitrogens with one attached hydrogen (secondary N) is 1. The van der Waals surface area contributed by atoms with Crippen molar-refractivity contribution in [3.8, 4) is 0 Å². The Bertz CT molecular complexity index is 230. The van der Waals surface area contributed by atoms with Crippen molar-refractivity contribution in [1.29, 1.82) is 0 Å². The van der Waals surface area contributed by atoms with Crippen LogP contribution in [0.15, 0.2) is 0 Å². The number of hydrogen-bond acceptors (Lipinski definition) is 2. The van der Waals surface area contributed by atoms with Crippen LogP contribution in [0.5, 0.6) is 0 Å². The molecule has 0 aromatic rings. The first-order valence-corrected chi connectivity index (χ1v) is 6.03. The molecule has 3 N–H and O–H groups in total. The molecule has 1 amide bonds. The van der Waals surface area contributed by atoms with Crippen molar-refractivity contribution >= 4 is 5.91 Å². The fourth-order valence-electron chi connectivity index (χ4n) is 1.90. The van der Waals surface area contributed by atoms with Crippen molar-refractivity contribution < 1.29 is 4.79 Å². The molecule has 0 aromatic carbocycles. The molecule has 1 rings (SSSR count). The Morgan fingerprint density at radius 3 is 2.27 bits per heavy atom. The Morgan fingerprint density at radius 1 is 1.40 bits per heavy atom. The number of amides is 1. The third kappa shape index (κ3) is 2.71. The molecule has 0 atom stereocenters. The van der Waals surface area contributed by atoms with Crippen LogP contribution < -0.4 is 11.1 Å². The molecule has 0 bridgehead atoms. The molecular weight excluding hydrogens is 188 g/mol. The summed E-state index contributed by atoms with van der Waals surface area (Å²) in [5, 5.41) is 3.00. The highest BCUT2D eigenvalue weighted by atomic mass is 16.2. The summed E-state index contributed by atoms with van der Waals surface area (Å²) in [6, 6.07) is 0. The third-order valence-electron chi connectivity index (χ3n) is 4.01. The monoisotopic (exact) mass is 212 g/mol. The van der Waals surface area contributed by atoms with Crippen LogP contribution in [-0.4, -0.2) is 18.0 Å². The predicted molar refractivity (Wildman–Crippen MR) is 62.5 cm³/mol. The van der Waals surface area contributed by atoms with E-state index in [0.717, 1.165) is 25.7 Å². The fourth-order valence-corrected chi connectivity index (χ4v) is 1.90. The van der Waals surface area contributed by atoms with Crippen LogP contribution in [-0.2, 0) is 4.79 Å². The highest BCUT2D eigenvalue weighted by Crippen LogP contribution is 2.40. The molecular formula is C12H24N2O. The summed E-state index contributed by atoms with van der Waals surface area (Å²) in [6.07, 6.45) is 5.03. The largest absolute Gasteiger partial charge is 0.354 e. The van der Waals surface area contributed by atoms with Gasteiger partial charge < -0.3 is 11.1 Å². The summed E-state index contributed by atoms with van der Waals surface area (Å²) in [4.78, 5) is 11.9. The molecule has 0 heterocycles. The molecule has 3 heteroatoms. The van der Waals surface area contributed by atoms with E-state index >= 15 is 0 Å². The molecule has 0 saturated heterocycles. The standard InChI is InChI=1S/C12H24N2O/c1-4-12(13,5-2)9-14-10(15)11(3)7-6-8-11/h4-9,13H2,1-3H3,(H,14,15). The molecule has 0 aromatic heterocycles. The number of carbonyl (C=O) groups excluding carboxylic acids is 1. The van der Waals surface area contributed by atoms with E-state index in [-0.39, 0.29) is 16.9 Å². The van der Waals surface area contributed by atoms with Crippen LogP contribution in [0.25, 0.3) is 0 Å². The summed E-state index contributed by atoms with van der Waals surface area (Å²) in [6.45, 7) is 6.79. The molecule has 1 fully saturated rings. The lowest BCUT2D eigenvalue weighted by molar-refractivity contribution is -0.134. The van der Waals surface area contributed by atoms with E-state index in [4.69, 9.17) is 5.73 Å². The molecule has 88 valence electrons. The van der Waals surface area contributed by atoms with Crippen LogP contribution in [0.2, 0.25) is 0 Å². The van der Waals surface area contributed by atoms with E-state index in [2.05, 4.69) is 19.2 Å². The quantitative estimate of drug-likeness (QED) is 0.730. The zero-order valence-corrected chi connectivity index (χ0v) is 10.2. The van der Waals surface area contributed by atoms with Gasteiger partial charge in [0, 0.05) is 17.5 Å². The Morgan fingerprint density at radius 2 is 1.93 bits per heavy atom. The first-order valence-electron chi connectivity index (χ1n) is 6.03. The minimum atomic E-state index is -0.226. The zero-order valence-electron chi connectivity index (χ0n) is 10.2. The maximum atomic E-state index is 11.9. The van der Waals surface area contributed by atoms with Gasteiger partial charge in [-0.3, -0.25) is 4.79 Å². The Labute approximate surface area is 92.8 Å². The lowest BCUT2D eigenvalue weighted by atomic mass is 9.70. The minimum absolute atomic E-state index is 0.109. The zero-order chi connectivity index (χ0) is 11.5. The van der Waals surface area contributed by atoms with Crippen molar-refractivity contribution in [2.24, 2.45) is 11.1 Å². The molecule has 1 saturated carbocycles. The van der Waals surface area contributed by atoms with Gasteiger partial charge in [0.15, 0.2) is 0 Å². The minimum Gasteiger partial charge on any atom is -0.354 e. The van der Waals surface area contributed by atoms with Gasteiger partial charge in [-0.05, 0) is 25.7 Å². The predicted octanol–water partition coefficient (Wildman–Crippen LogP) is 1.81. The Balaban J connectivity index is 2.39. The Hall–Kier alpha value is -0.570. The summed E-state index contributed by atoms with van der Waals surface area (Å²) in [5.41, 5.74) is 5.80. The topological polar surface area (TPSA) is 55.1 Å². The number of nitrogens with two attached hydrogens (primary N) is 1. The van der Waals surface area contributed by atoms with E-state index in [0.29, 0.717) is 6.54 Å². The first kappa shape index (κ1) is 12.5. The molecule has 3 nitrogen and oxygen atoms in total. The first-order chi connectivity index (χ1) is 6.96. The van der Waals surface area contributed by atoms with E-state index in [1.54, 1.807) is 0 Å². The number of rotatable bonds is 5. The lowest BCUT2D eigenvalue weighted by Gasteiger charge is -2.38. The van der Waals surface area contributed by atoms with Crippen LogP contribution in [0, 0.1) is 5.41 Å².